The lowest BCUT2D eigenvalue weighted by Gasteiger charge is -2.29. The molecular formula is C14H17NO3. The van der Waals surface area contributed by atoms with E-state index in [1.807, 2.05) is 30.3 Å². The molecule has 1 heterocycles. The molecule has 1 aromatic carbocycles. The van der Waals surface area contributed by atoms with Crippen LogP contribution >= 0.6 is 0 Å². The van der Waals surface area contributed by atoms with Crippen LogP contribution < -0.4 is 4.90 Å². The smallest absolute Gasteiger partial charge is 0.191 e. The van der Waals surface area contributed by atoms with Crippen LogP contribution in [0.2, 0.25) is 0 Å². The standard InChI is InChI=1S/C14H17NO3/c1-2-6-12(16)14(18)9-10-15(13(14)17)11-7-4-3-5-8-11/h2-8,13,17-18H,9-10H2,1H3. The van der Waals surface area contributed by atoms with Gasteiger partial charge in [0.15, 0.2) is 17.6 Å². The molecule has 4 nitrogen and oxygen atoms in total. The summed E-state index contributed by atoms with van der Waals surface area (Å²) in [5.74, 6) is -0.448. The van der Waals surface area contributed by atoms with E-state index >= 15 is 0 Å². The predicted octanol–water partition coefficient (Wildman–Crippen LogP) is 1.09. The van der Waals surface area contributed by atoms with Crippen LogP contribution in [0.5, 0.6) is 0 Å². The fourth-order valence-corrected chi connectivity index (χ4v) is 2.24. The third kappa shape index (κ3) is 2.05. The quantitative estimate of drug-likeness (QED) is 0.785. The van der Waals surface area contributed by atoms with Crippen LogP contribution in [0.25, 0.3) is 0 Å². The molecule has 4 heteroatoms. The summed E-state index contributed by atoms with van der Waals surface area (Å²) in [4.78, 5) is 13.5. The summed E-state index contributed by atoms with van der Waals surface area (Å²) in [6.07, 6.45) is 1.89. The van der Waals surface area contributed by atoms with Crippen molar-refractivity contribution in [3.05, 3.63) is 42.5 Å². The number of allylic oxidation sites excluding steroid dienone is 1. The van der Waals surface area contributed by atoms with Crippen molar-refractivity contribution in [2.75, 3.05) is 11.4 Å². The molecule has 1 fully saturated rings. The summed E-state index contributed by atoms with van der Waals surface area (Å²) in [6.45, 7) is 2.16. The summed E-state index contributed by atoms with van der Waals surface area (Å²) in [6, 6.07) is 9.27. The molecule has 1 aliphatic rings. The molecule has 0 spiro atoms. The van der Waals surface area contributed by atoms with Gasteiger partial charge in [0.05, 0.1) is 0 Å². The molecule has 1 aromatic rings. The molecular weight excluding hydrogens is 230 g/mol. The number of anilines is 1. The molecule has 0 radical (unpaired) electrons. The maximum absolute atomic E-state index is 11.8. The van der Waals surface area contributed by atoms with Crippen LogP contribution in [0.4, 0.5) is 5.69 Å². The summed E-state index contributed by atoms with van der Waals surface area (Å²) < 4.78 is 0. The molecule has 2 unspecified atom stereocenters. The highest BCUT2D eigenvalue weighted by Gasteiger charge is 2.49. The third-order valence-corrected chi connectivity index (χ3v) is 3.29. The SMILES string of the molecule is CC=CC(=O)C1(O)CCN(c2ccccc2)C1O. The molecule has 2 N–H and O–H groups in total. The van der Waals surface area contributed by atoms with E-state index in [1.54, 1.807) is 17.9 Å². The van der Waals surface area contributed by atoms with Gasteiger partial charge in [-0.2, -0.15) is 0 Å². The minimum absolute atomic E-state index is 0.228. The maximum Gasteiger partial charge on any atom is 0.191 e. The number of aliphatic hydroxyl groups excluding tert-OH is 1. The second kappa shape index (κ2) is 4.92. The van der Waals surface area contributed by atoms with Crippen molar-refractivity contribution in [3.8, 4) is 0 Å². The number of aliphatic hydroxyl groups is 2. The van der Waals surface area contributed by atoms with Crippen LogP contribution in [0.3, 0.4) is 0 Å². The third-order valence-electron chi connectivity index (χ3n) is 3.29. The minimum Gasteiger partial charge on any atom is -0.377 e. The first-order valence-corrected chi connectivity index (χ1v) is 5.99. The number of hydrogen-bond donors (Lipinski definition) is 2. The minimum atomic E-state index is -1.71. The average Bonchev–Trinajstić information content (AvgIpc) is 2.69. The van der Waals surface area contributed by atoms with Gasteiger partial charge in [-0.25, -0.2) is 0 Å². The van der Waals surface area contributed by atoms with Gasteiger partial charge >= 0.3 is 0 Å². The van der Waals surface area contributed by atoms with E-state index in [1.165, 1.54) is 6.08 Å². The van der Waals surface area contributed by atoms with Crippen molar-refractivity contribution in [2.24, 2.45) is 0 Å². The van der Waals surface area contributed by atoms with E-state index in [0.29, 0.717) is 6.54 Å². The van der Waals surface area contributed by atoms with Gasteiger partial charge < -0.3 is 15.1 Å². The second-order valence-electron chi connectivity index (χ2n) is 4.44. The van der Waals surface area contributed by atoms with E-state index in [-0.39, 0.29) is 6.42 Å². The molecule has 0 aromatic heterocycles. The maximum atomic E-state index is 11.8. The van der Waals surface area contributed by atoms with Gasteiger partial charge in [-0.15, -0.1) is 0 Å². The van der Waals surface area contributed by atoms with Crippen LogP contribution in [0.15, 0.2) is 42.5 Å². The molecule has 0 amide bonds. The van der Waals surface area contributed by atoms with E-state index in [0.717, 1.165) is 5.69 Å². The zero-order valence-electron chi connectivity index (χ0n) is 10.3. The van der Waals surface area contributed by atoms with Crippen molar-refractivity contribution in [2.45, 2.75) is 25.2 Å². The number of para-hydroxylation sites is 1. The molecule has 0 saturated carbocycles. The zero-order valence-corrected chi connectivity index (χ0v) is 10.3. The lowest BCUT2D eigenvalue weighted by molar-refractivity contribution is -0.140. The van der Waals surface area contributed by atoms with Gasteiger partial charge in [-0.05, 0) is 25.1 Å². The van der Waals surface area contributed by atoms with E-state index < -0.39 is 17.6 Å². The van der Waals surface area contributed by atoms with Crippen LogP contribution in [0, 0.1) is 0 Å². The Labute approximate surface area is 106 Å². The van der Waals surface area contributed by atoms with Crippen molar-refractivity contribution in [1.29, 1.82) is 0 Å². The number of carbonyl (C=O) groups excluding carboxylic acids is 1. The first-order valence-electron chi connectivity index (χ1n) is 5.99. The number of ketones is 1. The largest absolute Gasteiger partial charge is 0.377 e. The summed E-state index contributed by atoms with van der Waals surface area (Å²) >= 11 is 0. The van der Waals surface area contributed by atoms with Gasteiger partial charge in [-0.1, -0.05) is 24.3 Å². The monoisotopic (exact) mass is 247 g/mol. The Morgan fingerprint density at radius 2 is 2.11 bits per heavy atom. The number of hydrogen-bond acceptors (Lipinski definition) is 4. The molecule has 96 valence electrons. The van der Waals surface area contributed by atoms with Gasteiger partial charge in [0.1, 0.15) is 0 Å². The number of nitrogens with zero attached hydrogens (tertiary/aromatic N) is 1. The molecule has 0 bridgehead atoms. The van der Waals surface area contributed by atoms with E-state index in [2.05, 4.69) is 0 Å². The van der Waals surface area contributed by atoms with Gasteiger partial charge in [0, 0.05) is 18.7 Å². The Hall–Kier alpha value is -1.65. The zero-order chi connectivity index (χ0) is 13.2. The molecule has 1 saturated heterocycles. The van der Waals surface area contributed by atoms with E-state index in [4.69, 9.17) is 0 Å². The van der Waals surface area contributed by atoms with Crippen LogP contribution in [-0.4, -0.2) is 34.4 Å². The average molecular weight is 247 g/mol. The summed E-state index contributed by atoms with van der Waals surface area (Å²) in [5.41, 5.74) is -0.906. The highest BCUT2D eigenvalue weighted by molar-refractivity contribution is 5.98. The van der Waals surface area contributed by atoms with E-state index in [9.17, 15) is 15.0 Å². The summed E-state index contributed by atoms with van der Waals surface area (Å²) in [5, 5.41) is 20.5. The Morgan fingerprint density at radius 3 is 2.72 bits per heavy atom. The first-order chi connectivity index (χ1) is 8.59. The highest BCUT2D eigenvalue weighted by atomic mass is 16.4. The normalized spacial score (nSPS) is 27.9. The fourth-order valence-electron chi connectivity index (χ4n) is 2.24. The van der Waals surface area contributed by atoms with Gasteiger partial charge in [0.25, 0.3) is 0 Å². The summed E-state index contributed by atoms with van der Waals surface area (Å²) in [7, 11) is 0. The Bertz CT molecular complexity index is 457. The van der Waals surface area contributed by atoms with Gasteiger partial charge in [0.2, 0.25) is 0 Å². The fraction of sp³-hybridized carbons (Fsp3) is 0.357. The van der Waals surface area contributed by atoms with Crippen molar-refractivity contribution in [3.63, 3.8) is 0 Å². The molecule has 2 atom stereocenters. The topological polar surface area (TPSA) is 60.8 Å². The molecule has 0 aliphatic carbocycles. The van der Waals surface area contributed by atoms with Crippen LogP contribution in [0.1, 0.15) is 13.3 Å². The predicted molar refractivity (Wildman–Crippen MR) is 69.2 cm³/mol. The van der Waals surface area contributed by atoms with Crippen molar-refractivity contribution in [1.82, 2.24) is 0 Å². The van der Waals surface area contributed by atoms with Crippen molar-refractivity contribution < 1.29 is 15.0 Å². The Balaban J connectivity index is 2.24. The van der Waals surface area contributed by atoms with Crippen LogP contribution in [-0.2, 0) is 4.79 Å². The van der Waals surface area contributed by atoms with Crippen molar-refractivity contribution >= 4 is 11.5 Å². The van der Waals surface area contributed by atoms with Gasteiger partial charge in [-0.3, -0.25) is 4.79 Å². The first kappa shape index (κ1) is 12.8. The molecule has 1 aliphatic heterocycles. The Morgan fingerprint density at radius 1 is 1.44 bits per heavy atom. The number of carbonyl (C=O) groups is 1. The number of benzene rings is 1. The Kier molecular flexibility index (Phi) is 3.50. The molecule has 18 heavy (non-hydrogen) atoms. The lowest BCUT2D eigenvalue weighted by Crippen LogP contribution is -2.49. The number of rotatable bonds is 3. The second-order valence-corrected chi connectivity index (χ2v) is 4.44. The highest BCUT2D eigenvalue weighted by Crippen LogP contribution is 2.32. The molecule has 2 rings (SSSR count). The lowest BCUT2D eigenvalue weighted by atomic mass is 9.95.